The molecule has 2 aliphatic heterocycles. The van der Waals surface area contributed by atoms with E-state index in [9.17, 15) is 25.0 Å². The van der Waals surface area contributed by atoms with Crippen LogP contribution in [-0.2, 0) is 0 Å². The Morgan fingerprint density at radius 1 is 0.794 bits per heavy atom. The first kappa shape index (κ1) is 23.3. The second-order valence-electron chi connectivity index (χ2n) is 8.45. The van der Waals surface area contributed by atoms with Gasteiger partial charge in [-0.2, -0.15) is 0 Å². The van der Waals surface area contributed by atoms with Gasteiger partial charge in [0.1, 0.15) is 17.5 Å². The number of carbonyl (C=O) groups is 1. The molecule has 13 heteroatoms. The van der Waals surface area contributed by atoms with Gasteiger partial charge in [0.25, 0.3) is 17.3 Å². The van der Waals surface area contributed by atoms with Gasteiger partial charge in [-0.05, 0) is 14.0 Å². The Balaban J connectivity index is 1.46. The highest BCUT2D eigenvalue weighted by atomic mass is 16.6. The first-order valence-corrected chi connectivity index (χ1v) is 11.0. The van der Waals surface area contributed by atoms with Crippen molar-refractivity contribution in [2.75, 3.05) is 69.2 Å². The largest absolute Gasteiger partial charge is 0.354 e. The number of hydrogen-bond donors (Lipinski definition) is 0. The second-order valence-corrected chi connectivity index (χ2v) is 8.45. The van der Waals surface area contributed by atoms with Crippen molar-refractivity contribution in [2.45, 2.75) is 6.92 Å². The third-order valence-corrected chi connectivity index (χ3v) is 6.10. The molecule has 34 heavy (non-hydrogen) atoms. The van der Waals surface area contributed by atoms with Crippen molar-refractivity contribution in [3.63, 3.8) is 0 Å². The van der Waals surface area contributed by atoms with Gasteiger partial charge in [-0.15, -0.1) is 0 Å². The molecule has 0 bridgehead atoms. The number of hydrogen-bond acceptors (Lipinski definition) is 10. The molecule has 2 saturated heterocycles. The minimum Gasteiger partial charge on any atom is -0.354 e. The third-order valence-electron chi connectivity index (χ3n) is 6.10. The standard InChI is InChI=1S/C21H26N8O5/c1-15-22-19(25-5-3-24(2)4-6-25)14-20(23-15)26-7-9-27(10-8-26)21(30)16-11-17(28(31)32)13-18(12-16)29(33)34/h11-14H,3-10H2,1-2H3. The fourth-order valence-electron chi connectivity index (χ4n) is 4.15. The summed E-state index contributed by atoms with van der Waals surface area (Å²) in [6, 6.07) is 4.99. The lowest BCUT2D eigenvalue weighted by molar-refractivity contribution is -0.394. The molecular weight excluding hydrogens is 444 g/mol. The van der Waals surface area contributed by atoms with Crippen molar-refractivity contribution in [1.82, 2.24) is 19.8 Å². The number of non-ortho nitro benzene ring substituents is 2. The topological polar surface area (TPSA) is 142 Å². The van der Waals surface area contributed by atoms with Crippen molar-refractivity contribution >= 4 is 28.9 Å². The van der Waals surface area contributed by atoms with E-state index in [1.54, 1.807) is 4.90 Å². The first-order valence-electron chi connectivity index (χ1n) is 11.0. The number of carbonyl (C=O) groups excluding carboxylic acids is 1. The zero-order valence-electron chi connectivity index (χ0n) is 19.1. The summed E-state index contributed by atoms with van der Waals surface area (Å²) in [5.41, 5.74) is -1.03. The Labute approximate surface area is 195 Å². The molecule has 0 aliphatic carbocycles. The minimum atomic E-state index is -0.739. The monoisotopic (exact) mass is 470 g/mol. The van der Waals surface area contributed by atoms with Crippen molar-refractivity contribution < 1.29 is 14.6 Å². The summed E-state index contributed by atoms with van der Waals surface area (Å²) in [5.74, 6) is 1.88. The average Bonchev–Trinajstić information content (AvgIpc) is 2.83. The van der Waals surface area contributed by atoms with E-state index in [0.717, 1.165) is 56.0 Å². The lowest BCUT2D eigenvalue weighted by atomic mass is 10.1. The fourth-order valence-corrected chi connectivity index (χ4v) is 4.15. The molecule has 1 amide bonds. The Morgan fingerprint density at radius 3 is 1.74 bits per heavy atom. The summed E-state index contributed by atoms with van der Waals surface area (Å²) < 4.78 is 0. The number of rotatable bonds is 5. The number of aryl methyl sites for hydroxylation is 1. The van der Waals surface area contributed by atoms with Crippen LogP contribution in [0.2, 0.25) is 0 Å². The van der Waals surface area contributed by atoms with Gasteiger partial charge in [0.05, 0.1) is 21.5 Å². The molecule has 0 saturated carbocycles. The van der Waals surface area contributed by atoms with Crippen LogP contribution in [0, 0.1) is 27.2 Å². The van der Waals surface area contributed by atoms with Crippen LogP contribution in [0.25, 0.3) is 0 Å². The van der Waals surface area contributed by atoms with Crippen molar-refractivity contribution in [1.29, 1.82) is 0 Å². The van der Waals surface area contributed by atoms with Crippen LogP contribution in [0.5, 0.6) is 0 Å². The smallest absolute Gasteiger partial charge is 0.277 e. The van der Waals surface area contributed by atoms with Crippen molar-refractivity contribution in [2.24, 2.45) is 0 Å². The Morgan fingerprint density at radius 2 is 1.26 bits per heavy atom. The normalized spacial score (nSPS) is 17.1. The molecule has 0 spiro atoms. The summed E-state index contributed by atoms with van der Waals surface area (Å²) in [6.45, 7) is 7.34. The molecule has 0 unspecified atom stereocenters. The minimum absolute atomic E-state index is 0.0652. The van der Waals surface area contributed by atoms with Gasteiger partial charge in [0, 0.05) is 70.6 Å². The van der Waals surface area contributed by atoms with Crippen LogP contribution in [0.3, 0.4) is 0 Å². The van der Waals surface area contributed by atoms with E-state index in [1.807, 2.05) is 13.0 Å². The van der Waals surface area contributed by atoms with Gasteiger partial charge in [0.15, 0.2) is 0 Å². The summed E-state index contributed by atoms with van der Waals surface area (Å²) in [5, 5.41) is 22.3. The van der Waals surface area contributed by atoms with E-state index in [4.69, 9.17) is 0 Å². The van der Waals surface area contributed by atoms with Gasteiger partial charge in [-0.1, -0.05) is 0 Å². The summed E-state index contributed by atoms with van der Waals surface area (Å²) in [6.07, 6.45) is 0. The van der Waals surface area contributed by atoms with Crippen LogP contribution < -0.4 is 9.80 Å². The van der Waals surface area contributed by atoms with E-state index in [2.05, 4.69) is 31.7 Å². The van der Waals surface area contributed by atoms with E-state index >= 15 is 0 Å². The van der Waals surface area contributed by atoms with Crippen molar-refractivity contribution in [3.05, 3.63) is 55.9 Å². The molecule has 13 nitrogen and oxygen atoms in total. The molecule has 1 aromatic carbocycles. The molecule has 1 aromatic heterocycles. The average molecular weight is 470 g/mol. The first-order chi connectivity index (χ1) is 16.2. The summed E-state index contributed by atoms with van der Waals surface area (Å²) >= 11 is 0. The molecule has 0 N–H and O–H groups in total. The zero-order chi connectivity index (χ0) is 24.4. The predicted molar refractivity (Wildman–Crippen MR) is 124 cm³/mol. The van der Waals surface area contributed by atoms with Crippen LogP contribution in [0.4, 0.5) is 23.0 Å². The third kappa shape index (κ3) is 5.03. The Kier molecular flexibility index (Phi) is 6.54. The number of piperazine rings is 2. The van der Waals surface area contributed by atoms with Gasteiger partial charge < -0.3 is 19.6 Å². The van der Waals surface area contributed by atoms with Gasteiger partial charge in [0.2, 0.25) is 0 Å². The van der Waals surface area contributed by atoms with E-state index in [-0.39, 0.29) is 5.56 Å². The van der Waals surface area contributed by atoms with E-state index in [0.29, 0.717) is 32.0 Å². The maximum absolute atomic E-state index is 13.0. The molecule has 0 radical (unpaired) electrons. The number of nitrogens with zero attached hydrogens (tertiary/aromatic N) is 8. The Bertz CT molecular complexity index is 1080. The number of amides is 1. The molecule has 2 fully saturated rings. The number of nitro benzene ring substituents is 2. The van der Waals surface area contributed by atoms with Crippen LogP contribution in [-0.4, -0.2) is 94.9 Å². The quantitative estimate of drug-likeness (QED) is 0.464. The molecule has 2 aliphatic rings. The Hall–Kier alpha value is -3.87. The highest BCUT2D eigenvalue weighted by Crippen LogP contribution is 2.25. The van der Waals surface area contributed by atoms with Gasteiger partial charge >= 0.3 is 0 Å². The highest BCUT2D eigenvalue weighted by molar-refractivity contribution is 5.95. The second kappa shape index (κ2) is 9.55. The van der Waals surface area contributed by atoms with Crippen LogP contribution >= 0.6 is 0 Å². The molecule has 3 heterocycles. The lowest BCUT2D eigenvalue weighted by Crippen LogP contribution is -2.49. The summed E-state index contributed by atoms with van der Waals surface area (Å²) in [7, 11) is 2.10. The van der Waals surface area contributed by atoms with E-state index < -0.39 is 27.1 Å². The number of anilines is 2. The van der Waals surface area contributed by atoms with Crippen LogP contribution in [0.1, 0.15) is 16.2 Å². The van der Waals surface area contributed by atoms with Gasteiger partial charge in [-0.3, -0.25) is 25.0 Å². The molecular formula is C21H26N8O5. The number of benzene rings is 1. The molecule has 180 valence electrons. The number of likely N-dealkylation sites (N-methyl/N-ethyl adjacent to an activating group) is 1. The lowest BCUT2D eigenvalue weighted by Gasteiger charge is -2.36. The fraction of sp³-hybridized carbons (Fsp3) is 0.476. The van der Waals surface area contributed by atoms with E-state index in [1.165, 1.54) is 0 Å². The molecule has 2 aromatic rings. The SMILES string of the molecule is Cc1nc(N2CCN(C)CC2)cc(N2CCN(C(=O)c3cc([N+](=O)[O-])cc([N+](=O)[O-])c3)CC2)n1. The molecule has 4 rings (SSSR count). The number of nitro groups is 2. The highest BCUT2D eigenvalue weighted by Gasteiger charge is 2.27. The van der Waals surface area contributed by atoms with Crippen molar-refractivity contribution in [3.8, 4) is 0 Å². The number of aromatic nitrogens is 2. The maximum Gasteiger partial charge on any atom is 0.277 e. The summed E-state index contributed by atoms with van der Waals surface area (Å²) in [4.78, 5) is 51.1. The van der Waals surface area contributed by atoms with Crippen LogP contribution in [0.15, 0.2) is 24.3 Å². The molecule has 0 atom stereocenters. The predicted octanol–water partition coefficient (Wildman–Crippen LogP) is 1.32. The van der Waals surface area contributed by atoms with Gasteiger partial charge in [-0.25, -0.2) is 9.97 Å². The zero-order valence-corrected chi connectivity index (χ0v) is 19.1. The maximum atomic E-state index is 13.0.